The summed E-state index contributed by atoms with van der Waals surface area (Å²) in [7, 11) is 0. The minimum absolute atomic E-state index is 0.231. The van der Waals surface area contributed by atoms with Crippen molar-refractivity contribution in [1.82, 2.24) is 0 Å². The maximum Gasteiger partial charge on any atom is 0.122 e. The highest BCUT2D eigenvalue weighted by Crippen LogP contribution is 2.16. The zero-order chi connectivity index (χ0) is 8.97. The van der Waals surface area contributed by atoms with Crippen LogP contribution >= 0.6 is 0 Å². The fourth-order valence-electron chi connectivity index (χ4n) is 0.871. The lowest BCUT2D eigenvalue weighted by molar-refractivity contribution is 0.245. The van der Waals surface area contributed by atoms with Gasteiger partial charge < -0.3 is 10.2 Å². The maximum absolute atomic E-state index is 9.29. The van der Waals surface area contributed by atoms with Gasteiger partial charge in [-0.15, -0.1) is 0 Å². The molecule has 0 saturated carbocycles. The lowest BCUT2D eigenvalue weighted by atomic mass is 10.2. The number of phenols is 1. The van der Waals surface area contributed by atoms with Crippen LogP contribution in [0.15, 0.2) is 30.3 Å². The first-order valence-corrected chi connectivity index (χ1v) is 3.84. The van der Waals surface area contributed by atoms with Gasteiger partial charge in [0, 0.05) is 5.56 Å². The first-order valence-electron chi connectivity index (χ1n) is 3.84. The van der Waals surface area contributed by atoms with Gasteiger partial charge in [-0.25, -0.2) is 0 Å². The quantitative estimate of drug-likeness (QED) is 0.699. The Balaban J connectivity index is 2.82. The molecule has 0 fully saturated rings. The molecule has 2 N–H and O–H groups in total. The van der Waals surface area contributed by atoms with E-state index in [2.05, 4.69) is 0 Å². The van der Waals surface area contributed by atoms with Crippen molar-refractivity contribution < 1.29 is 10.2 Å². The summed E-state index contributed by atoms with van der Waals surface area (Å²) in [6.07, 6.45) is 2.83. The van der Waals surface area contributed by atoms with Gasteiger partial charge in [-0.1, -0.05) is 30.4 Å². The molecule has 64 valence electrons. The molecule has 1 aromatic carbocycles. The summed E-state index contributed by atoms with van der Waals surface area (Å²) in [4.78, 5) is 0. The molecule has 0 radical (unpaired) electrons. The first kappa shape index (κ1) is 8.81. The summed E-state index contributed by atoms with van der Waals surface area (Å²) >= 11 is 0. The van der Waals surface area contributed by atoms with Crippen LogP contribution in [-0.2, 0) is 0 Å². The van der Waals surface area contributed by atoms with Gasteiger partial charge in [-0.05, 0) is 13.0 Å². The van der Waals surface area contributed by atoms with Crippen LogP contribution in [-0.4, -0.2) is 16.3 Å². The molecule has 1 unspecified atom stereocenters. The van der Waals surface area contributed by atoms with Gasteiger partial charge in [0.25, 0.3) is 0 Å². The highest BCUT2D eigenvalue weighted by atomic mass is 16.3. The van der Waals surface area contributed by atoms with Crippen molar-refractivity contribution in [3.63, 3.8) is 0 Å². The number of phenolic OH excluding ortho intramolecular Hbond substituents is 1. The second-order valence-electron chi connectivity index (χ2n) is 2.66. The molecule has 12 heavy (non-hydrogen) atoms. The lowest BCUT2D eigenvalue weighted by Gasteiger charge is -1.97. The molecule has 0 aliphatic carbocycles. The predicted octanol–water partition coefficient (Wildman–Crippen LogP) is 1.79. The fourth-order valence-corrected chi connectivity index (χ4v) is 0.871. The summed E-state index contributed by atoms with van der Waals surface area (Å²) in [5.41, 5.74) is 0.721. The molecule has 0 aliphatic heterocycles. The third-order valence-corrected chi connectivity index (χ3v) is 1.49. The fraction of sp³-hybridized carbons (Fsp3) is 0.200. The van der Waals surface area contributed by atoms with Crippen LogP contribution in [0.1, 0.15) is 12.5 Å². The average molecular weight is 164 g/mol. The van der Waals surface area contributed by atoms with Gasteiger partial charge in [0.2, 0.25) is 0 Å². The van der Waals surface area contributed by atoms with Crippen LogP contribution in [0.4, 0.5) is 0 Å². The van der Waals surface area contributed by atoms with Crippen molar-refractivity contribution in [2.45, 2.75) is 13.0 Å². The number of benzene rings is 1. The van der Waals surface area contributed by atoms with Crippen molar-refractivity contribution >= 4 is 6.08 Å². The standard InChI is InChI=1S/C10H12O2/c1-8(11)6-7-9-4-2-3-5-10(9)12/h2-8,11-12H,1H3. The zero-order valence-corrected chi connectivity index (χ0v) is 6.94. The van der Waals surface area contributed by atoms with Crippen molar-refractivity contribution in [2.24, 2.45) is 0 Å². The maximum atomic E-state index is 9.29. The third-order valence-electron chi connectivity index (χ3n) is 1.49. The molecule has 0 amide bonds. The van der Waals surface area contributed by atoms with E-state index >= 15 is 0 Å². The number of aliphatic hydroxyl groups excluding tert-OH is 1. The summed E-state index contributed by atoms with van der Waals surface area (Å²) < 4.78 is 0. The largest absolute Gasteiger partial charge is 0.507 e. The molecule has 0 spiro atoms. The van der Waals surface area contributed by atoms with Crippen molar-refractivity contribution in [3.05, 3.63) is 35.9 Å². The lowest BCUT2D eigenvalue weighted by Crippen LogP contribution is -1.91. The minimum Gasteiger partial charge on any atom is -0.507 e. The van der Waals surface area contributed by atoms with Gasteiger partial charge in [-0.2, -0.15) is 0 Å². The highest BCUT2D eigenvalue weighted by Gasteiger charge is 1.93. The van der Waals surface area contributed by atoms with Crippen LogP contribution in [0.3, 0.4) is 0 Å². The Hall–Kier alpha value is -1.28. The molecule has 2 heteroatoms. The summed E-state index contributed by atoms with van der Waals surface area (Å²) in [5, 5.41) is 18.2. The van der Waals surface area contributed by atoms with Crippen molar-refractivity contribution in [2.75, 3.05) is 0 Å². The van der Waals surface area contributed by atoms with Gasteiger partial charge >= 0.3 is 0 Å². The zero-order valence-electron chi connectivity index (χ0n) is 6.94. The number of hydrogen-bond donors (Lipinski definition) is 2. The Bertz CT molecular complexity index is 277. The third kappa shape index (κ3) is 2.40. The topological polar surface area (TPSA) is 40.5 Å². The molecular formula is C10H12O2. The second kappa shape index (κ2) is 3.93. The molecular weight excluding hydrogens is 152 g/mol. The monoisotopic (exact) mass is 164 g/mol. The first-order chi connectivity index (χ1) is 5.70. The molecule has 0 saturated heterocycles. The Morgan fingerprint density at radius 1 is 1.33 bits per heavy atom. The van der Waals surface area contributed by atoms with E-state index in [4.69, 9.17) is 5.11 Å². The van der Waals surface area contributed by atoms with Crippen LogP contribution in [0.2, 0.25) is 0 Å². The Morgan fingerprint density at radius 2 is 2.00 bits per heavy atom. The summed E-state index contributed by atoms with van der Waals surface area (Å²) in [5.74, 6) is 0.231. The van der Waals surface area contributed by atoms with E-state index in [0.29, 0.717) is 0 Å². The summed E-state index contributed by atoms with van der Waals surface area (Å²) in [6, 6.07) is 6.99. The number of para-hydroxylation sites is 1. The van der Waals surface area contributed by atoms with Crippen molar-refractivity contribution in [1.29, 1.82) is 0 Å². The SMILES string of the molecule is CC(O)C=Cc1ccccc1O. The number of aliphatic hydroxyl groups is 1. The second-order valence-corrected chi connectivity index (χ2v) is 2.66. The average Bonchev–Trinajstić information content (AvgIpc) is 2.03. The van der Waals surface area contributed by atoms with Gasteiger partial charge in [0.05, 0.1) is 6.10 Å². The van der Waals surface area contributed by atoms with Crippen LogP contribution in [0.25, 0.3) is 6.08 Å². The van der Waals surface area contributed by atoms with Crippen LogP contribution in [0.5, 0.6) is 5.75 Å². The normalized spacial score (nSPS) is 13.5. The number of rotatable bonds is 2. The number of hydrogen-bond acceptors (Lipinski definition) is 2. The van der Waals surface area contributed by atoms with Gasteiger partial charge in [0.1, 0.15) is 5.75 Å². The van der Waals surface area contributed by atoms with Crippen LogP contribution in [0, 0.1) is 0 Å². The van der Waals surface area contributed by atoms with E-state index in [1.165, 1.54) is 0 Å². The van der Waals surface area contributed by atoms with Crippen molar-refractivity contribution in [3.8, 4) is 5.75 Å². The summed E-state index contributed by atoms with van der Waals surface area (Å²) in [6.45, 7) is 1.66. The molecule has 0 aromatic heterocycles. The molecule has 2 nitrogen and oxygen atoms in total. The Kier molecular flexibility index (Phi) is 2.88. The van der Waals surface area contributed by atoms with E-state index in [-0.39, 0.29) is 5.75 Å². The molecule has 1 atom stereocenters. The number of aromatic hydroxyl groups is 1. The van der Waals surface area contributed by atoms with Gasteiger partial charge in [-0.3, -0.25) is 0 Å². The Morgan fingerprint density at radius 3 is 2.58 bits per heavy atom. The molecule has 0 bridgehead atoms. The van der Waals surface area contributed by atoms with E-state index < -0.39 is 6.10 Å². The Labute approximate surface area is 71.8 Å². The smallest absolute Gasteiger partial charge is 0.122 e. The highest BCUT2D eigenvalue weighted by molar-refractivity contribution is 5.56. The van der Waals surface area contributed by atoms with E-state index in [0.717, 1.165) is 5.56 Å². The minimum atomic E-state index is -0.482. The van der Waals surface area contributed by atoms with E-state index in [1.807, 2.05) is 6.07 Å². The predicted molar refractivity (Wildman–Crippen MR) is 48.8 cm³/mol. The molecule has 0 aliphatic rings. The van der Waals surface area contributed by atoms with Crippen LogP contribution < -0.4 is 0 Å². The molecule has 0 heterocycles. The van der Waals surface area contributed by atoms with E-state index in [1.54, 1.807) is 37.3 Å². The van der Waals surface area contributed by atoms with Gasteiger partial charge in [0.15, 0.2) is 0 Å². The molecule has 1 aromatic rings. The molecule has 1 rings (SSSR count). The van der Waals surface area contributed by atoms with E-state index in [9.17, 15) is 5.11 Å².